The lowest BCUT2D eigenvalue weighted by molar-refractivity contribution is -0.140. The van der Waals surface area contributed by atoms with Crippen molar-refractivity contribution in [1.82, 2.24) is 35.4 Å². The number of ether oxygens (including phenoxy) is 2. The van der Waals surface area contributed by atoms with Crippen LogP contribution in [0.1, 0.15) is 89.8 Å². The van der Waals surface area contributed by atoms with E-state index in [2.05, 4.69) is 106 Å². The molecule has 0 radical (unpaired) electrons. The molecule has 4 aliphatic rings. The minimum absolute atomic E-state index is 0.0466. The summed E-state index contributed by atoms with van der Waals surface area (Å²) in [6, 6.07) is 31.0. The Hall–Kier alpha value is -6.63. The fraction of sp³-hybridized carbons (Fsp3) is 0.415. The molecule has 2 saturated carbocycles. The van der Waals surface area contributed by atoms with Crippen molar-refractivity contribution in [1.29, 1.82) is 0 Å². The zero-order valence-corrected chi connectivity index (χ0v) is 38.5. The lowest BCUT2D eigenvalue weighted by Crippen LogP contribution is -2.54. The van der Waals surface area contributed by atoms with Gasteiger partial charge in [-0.05, 0) is 125 Å². The van der Waals surface area contributed by atoms with Crippen molar-refractivity contribution in [2.45, 2.75) is 102 Å². The van der Waals surface area contributed by atoms with E-state index < -0.39 is 24.3 Å². The van der Waals surface area contributed by atoms with Crippen molar-refractivity contribution in [2.75, 3.05) is 14.2 Å². The van der Waals surface area contributed by atoms with E-state index in [9.17, 15) is 19.2 Å². The molecule has 6 aromatic rings. The molecule has 2 aliphatic carbocycles. The third kappa shape index (κ3) is 7.75. The number of imidazole rings is 1. The van der Waals surface area contributed by atoms with Gasteiger partial charge in [0.05, 0.1) is 37.3 Å². The lowest BCUT2D eigenvalue weighted by atomic mass is 9.94. The highest BCUT2D eigenvalue weighted by Gasteiger charge is 2.52. The van der Waals surface area contributed by atoms with Crippen LogP contribution in [-0.4, -0.2) is 87.1 Å². The SMILES string of the molecule is COC(=O)N[C@H](C(=O)N1[C@@H]2CC[C@@H](C2)[C@H]1c1cc2ccc(-c3ccc(-c4ccc(-c5ccc6nc([C@@H]7[C@H]8CC[C@H](C8)N7C(=O)[C@@H](NC(=O)OC)C(C)C)[nH]c6c5)cc4)cc3)cc2[nH]1)C(C)C. The Balaban J connectivity index is 0.836. The molecule has 13 nitrogen and oxygen atoms in total. The number of H-pyrrole nitrogens is 2. The smallest absolute Gasteiger partial charge is 0.407 e. The molecule has 2 aliphatic heterocycles. The quantitative estimate of drug-likeness (QED) is 0.101. The first-order valence-corrected chi connectivity index (χ1v) is 23.6. The highest BCUT2D eigenvalue weighted by atomic mass is 16.5. The van der Waals surface area contributed by atoms with Crippen LogP contribution in [0.5, 0.6) is 0 Å². The zero-order valence-electron chi connectivity index (χ0n) is 38.5. The average Bonchev–Trinajstić information content (AvgIpc) is 4.21. The summed E-state index contributed by atoms with van der Waals surface area (Å²) in [7, 11) is 2.64. The van der Waals surface area contributed by atoms with E-state index in [0.29, 0.717) is 11.8 Å². The Morgan fingerprint density at radius 1 is 0.576 bits per heavy atom. The van der Waals surface area contributed by atoms with E-state index in [4.69, 9.17) is 14.5 Å². The predicted octanol–water partition coefficient (Wildman–Crippen LogP) is 9.91. The normalized spacial score (nSPS) is 23.0. The first kappa shape index (κ1) is 43.3. The van der Waals surface area contributed by atoms with Crippen LogP contribution in [0.2, 0.25) is 0 Å². The summed E-state index contributed by atoms with van der Waals surface area (Å²) in [5.41, 5.74) is 10.5. The molecule has 4 amide bonds. The topological polar surface area (TPSA) is 162 Å². The number of alkyl carbamates (subject to hydrolysis) is 2. The maximum atomic E-state index is 14.1. The Labute approximate surface area is 385 Å². The van der Waals surface area contributed by atoms with Crippen molar-refractivity contribution < 1.29 is 28.7 Å². The highest BCUT2D eigenvalue weighted by molar-refractivity contribution is 5.90. The van der Waals surface area contributed by atoms with Gasteiger partial charge in [0, 0.05) is 23.3 Å². The van der Waals surface area contributed by atoms with Crippen LogP contribution in [0.25, 0.3) is 55.3 Å². The third-order valence-corrected chi connectivity index (χ3v) is 15.0. The number of hydrogen-bond acceptors (Lipinski definition) is 7. The second-order valence-corrected chi connectivity index (χ2v) is 19.6. The van der Waals surface area contributed by atoms with Crippen molar-refractivity contribution in [2.24, 2.45) is 23.7 Å². The number of nitrogens with one attached hydrogen (secondary N) is 4. The number of piperidine rings is 2. The van der Waals surface area contributed by atoms with Crippen LogP contribution in [0, 0.1) is 23.7 Å². The number of benzene rings is 4. The molecule has 2 aromatic heterocycles. The van der Waals surface area contributed by atoms with Crippen LogP contribution in [0.4, 0.5) is 9.59 Å². The number of carbonyl (C=O) groups is 4. The number of methoxy groups -OCH3 is 2. The van der Waals surface area contributed by atoms with Gasteiger partial charge in [-0.15, -0.1) is 0 Å². The number of carbonyl (C=O) groups excluding carboxylic acids is 4. The van der Waals surface area contributed by atoms with Gasteiger partial charge in [0.25, 0.3) is 0 Å². The average molecular weight is 890 g/mol. The Kier molecular flexibility index (Phi) is 11.3. The maximum Gasteiger partial charge on any atom is 0.407 e. The fourth-order valence-corrected chi connectivity index (χ4v) is 11.6. The van der Waals surface area contributed by atoms with Gasteiger partial charge in [-0.1, -0.05) is 94.4 Å². The van der Waals surface area contributed by atoms with Gasteiger partial charge >= 0.3 is 12.2 Å². The molecule has 4 fully saturated rings. The number of aromatic amines is 2. The van der Waals surface area contributed by atoms with E-state index in [1.807, 2.05) is 43.6 Å². The van der Waals surface area contributed by atoms with E-state index >= 15 is 0 Å². The number of fused-ring (bicyclic) bond motifs is 6. The van der Waals surface area contributed by atoms with E-state index in [0.717, 1.165) is 105 Å². The van der Waals surface area contributed by atoms with Gasteiger partial charge in [0.1, 0.15) is 17.9 Å². The van der Waals surface area contributed by atoms with Gasteiger partial charge in [-0.25, -0.2) is 14.6 Å². The van der Waals surface area contributed by atoms with Crippen LogP contribution in [0.15, 0.2) is 91.0 Å². The van der Waals surface area contributed by atoms with Gasteiger partial charge in [0.2, 0.25) is 11.8 Å². The number of likely N-dealkylation sites (tertiary alicyclic amines) is 2. The molecular formula is C53H59N7O6. The monoisotopic (exact) mass is 889 g/mol. The van der Waals surface area contributed by atoms with Gasteiger partial charge in [-0.2, -0.15) is 0 Å². The highest BCUT2D eigenvalue weighted by Crippen LogP contribution is 2.52. The Bertz CT molecular complexity index is 2620. The summed E-state index contributed by atoms with van der Waals surface area (Å²) in [6.45, 7) is 7.78. The summed E-state index contributed by atoms with van der Waals surface area (Å²) in [6.07, 6.45) is 4.79. The molecular weight excluding hydrogens is 831 g/mol. The number of amides is 4. The van der Waals surface area contributed by atoms with Crippen molar-refractivity contribution >= 4 is 45.9 Å². The van der Waals surface area contributed by atoms with Gasteiger partial charge in [0.15, 0.2) is 0 Å². The second-order valence-electron chi connectivity index (χ2n) is 19.6. The second kappa shape index (κ2) is 17.3. The minimum atomic E-state index is -0.680. The number of aromatic nitrogens is 3. The molecule has 4 N–H and O–H groups in total. The maximum absolute atomic E-state index is 14.1. The molecule has 10 rings (SSSR count). The summed E-state index contributed by atoms with van der Waals surface area (Å²) in [5, 5.41) is 6.67. The van der Waals surface area contributed by atoms with E-state index in [-0.39, 0.29) is 47.8 Å². The van der Waals surface area contributed by atoms with Crippen molar-refractivity contribution in [3.05, 3.63) is 103 Å². The molecule has 8 atom stereocenters. The first-order valence-electron chi connectivity index (χ1n) is 23.6. The minimum Gasteiger partial charge on any atom is -0.453 e. The largest absolute Gasteiger partial charge is 0.453 e. The van der Waals surface area contributed by atoms with E-state index in [1.54, 1.807) is 0 Å². The summed E-state index contributed by atoms with van der Waals surface area (Å²) < 4.78 is 9.71. The number of hydrogen-bond donors (Lipinski definition) is 4. The number of rotatable bonds is 11. The third-order valence-electron chi connectivity index (χ3n) is 15.0. The zero-order chi connectivity index (χ0) is 46.0. The first-order chi connectivity index (χ1) is 31.9. The molecule has 0 unspecified atom stereocenters. The number of nitrogens with zero attached hydrogens (tertiary/aromatic N) is 3. The predicted molar refractivity (Wildman–Crippen MR) is 254 cm³/mol. The Morgan fingerprint density at radius 2 is 1.03 bits per heavy atom. The summed E-state index contributed by atoms with van der Waals surface area (Å²) in [5.74, 6) is 1.17. The van der Waals surface area contributed by atoms with Gasteiger partial charge < -0.3 is 39.9 Å². The van der Waals surface area contributed by atoms with Gasteiger partial charge in [-0.3, -0.25) is 9.59 Å². The van der Waals surface area contributed by atoms with Crippen LogP contribution in [-0.2, 0) is 19.1 Å². The molecule has 4 heterocycles. The molecule has 4 bridgehead atoms. The summed E-state index contributed by atoms with van der Waals surface area (Å²) in [4.78, 5) is 68.8. The fourth-order valence-electron chi connectivity index (χ4n) is 11.6. The molecule has 66 heavy (non-hydrogen) atoms. The van der Waals surface area contributed by atoms with Crippen LogP contribution < -0.4 is 10.6 Å². The summed E-state index contributed by atoms with van der Waals surface area (Å²) >= 11 is 0. The Morgan fingerprint density at radius 3 is 1.55 bits per heavy atom. The lowest BCUT2D eigenvalue weighted by Gasteiger charge is -2.38. The molecule has 4 aromatic carbocycles. The van der Waals surface area contributed by atoms with E-state index in [1.165, 1.54) is 14.2 Å². The molecule has 2 saturated heterocycles. The molecule has 13 heteroatoms. The standard InChI is InChI=1S/C53H59N7O6/c1-28(2)45(57-52(63)65-5)50(61)59-39-20-17-37(23-39)47(59)44-27-36-16-15-34(25-42(36)54-44)32-11-7-30(8-12-32)31-9-13-33(14-10-31)35-19-22-41-43(26-35)56-49(55-41)48-38-18-21-40(24-38)60(48)51(62)46(29(3)4)58-53(64)66-6/h7-16,19,22,25-29,37-40,45-48,54H,17-18,20-21,23-24H2,1-6H3,(H,55,56)(H,57,63)(H,58,64)/t37-,38-,39+,40+,45-,46-,47-,48-/m0/s1. The van der Waals surface area contributed by atoms with Crippen molar-refractivity contribution in [3.63, 3.8) is 0 Å². The van der Waals surface area contributed by atoms with Crippen LogP contribution in [0.3, 0.4) is 0 Å². The molecule has 342 valence electrons. The molecule has 0 spiro atoms. The van der Waals surface area contributed by atoms with Crippen LogP contribution >= 0.6 is 0 Å². The van der Waals surface area contributed by atoms with Crippen molar-refractivity contribution in [3.8, 4) is 33.4 Å².